The molecular formula is C17H17BrN2O. The van der Waals surface area contributed by atoms with E-state index >= 15 is 0 Å². The molecule has 0 spiro atoms. The molecule has 0 aromatic heterocycles. The Morgan fingerprint density at radius 2 is 1.52 bits per heavy atom. The second-order valence-electron chi connectivity index (χ2n) is 4.80. The number of carbonyl (C=O) groups excluding carboxylic acids is 1. The Balaban J connectivity index is 2.13. The van der Waals surface area contributed by atoms with E-state index in [0.29, 0.717) is 5.56 Å². The first kappa shape index (κ1) is 15.3. The van der Waals surface area contributed by atoms with Gasteiger partial charge in [-0.15, -0.1) is 0 Å². The van der Waals surface area contributed by atoms with Crippen LogP contribution in [0.15, 0.2) is 64.6 Å². The summed E-state index contributed by atoms with van der Waals surface area (Å²) in [6.45, 7) is 4.00. The summed E-state index contributed by atoms with van der Waals surface area (Å²) in [7, 11) is 0. The van der Waals surface area contributed by atoms with E-state index in [1.807, 2.05) is 62.4 Å². The number of allylic oxidation sites excluding steroid dienone is 1. The molecule has 21 heavy (non-hydrogen) atoms. The highest BCUT2D eigenvalue weighted by molar-refractivity contribution is 9.10. The number of carbonyl (C=O) groups is 1. The summed E-state index contributed by atoms with van der Waals surface area (Å²) in [5.74, 6) is -0.183. The number of hydrazine groups is 1. The predicted molar refractivity (Wildman–Crippen MR) is 89.5 cm³/mol. The van der Waals surface area contributed by atoms with Gasteiger partial charge in [-0.05, 0) is 47.5 Å². The minimum atomic E-state index is -0.183. The smallest absolute Gasteiger partial charge is 0.270 e. The first-order valence-electron chi connectivity index (χ1n) is 6.63. The van der Waals surface area contributed by atoms with Crippen LogP contribution in [-0.4, -0.2) is 5.91 Å². The zero-order chi connectivity index (χ0) is 15.2. The fraction of sp³-hybridized carbons (Fsp3) is 0.118. The van der Waals surface area contributed by atoms with E-state index < -0.39 is 0 Å². The second kappa shape index (κ2) is 7.09. The van der Waals surface area contributed by atoms with Gasteiger partial charge in [-0.1, -0.05) is 48.0 Å². The topological polar surface area (TPSA) is 41.1 Å². The number of nitrogens with one attached hydrogen (secondary N) is 2. The van der Waals surface area contributed by atoms with Crippen molar-refractivity contribution >= 4 is 27.5 Å². The Hall–Kier alpha value is -2.07. The minimum Gasteiger partial charge on any atom is -0.298 e. The number of amides is 1. The average molecular weight is 345 g/mol. The van der Waals surface area contributed by atoms with E-state index in [-0.39, 0.29) is 5.91 Å². The Kier molecular flexibility index (Phi) is 5.17. The Bertz CT molecular complexity index is 662. The molecule has 108 valence electrons. The molecule has 0 aliphatic heterocycles. The van der Waals surface area contributed by atoms with Crippen LogP contribution in [-0.2, 0) is 0 Å². The van der Waals surface area contributed by atoms with Crippen molar-refractivity contribution in [3.05, 3.63) is 75.8 Å². The van der Waals surface area contributed by atoms with Crippen LogP contribution in [0, 0.1) is 0 Å². The normalized spacial score (nSPS) is 9.86. The zero-order valence-electron chi connectivity index (χ0n) is 12.0. The van der Waals surface area contributed by atoms with Gasteiger partial charge < -0.3 is 0 Å². The molecule has 0 bridgehead atoms. The molecule has 0 saturated heterocycles. The molecule has 0 radical (unpaired) electrons. The summed E-state index contributed by atoms with van der Waals surface area (Å²) in [5.41, 5.74) is 9.37. The lowest BCUT2D eigenvalue weighted by Crippen LogP contribution is -2.36. The monoisotopic (exact) mass is 344 g/mol. The highest BCUT2D eigenvalue weighted by Gasteiger charge is 2.10. The molecule has 0 fully saturated rings. The number of halogens is 1. The van der Waals surface area contributed by atoms with E-state index in [4.69, 9.17) is 0 Å². The van der Waals surface area contributed by atoms with Crippen molar-refractivity contribution in [1.82, 2.24) is 10.9 Å². The number of hydrogen-bond donors (Lipinski definition) is 2. The third-order valence-corrected chi connectivity index (χ3v) is 3.67. The first-order chi connectivity index (χ1) is 10.1. The minimum absolute atomic E-state index is 0.183. The van der Waals surface area contributed by atoms with E-state index in [1.54, 1.807) is 6.07 Å². The van der Waals surface area contributed by atoms with Crippen molar-refractivity contribution in [2.45, 2.75) is 13.8 Å². The fourth-order valence-electron chi connectivity index (χ4n) is 1.92. The molecule has 3 nitrogen and oxygen atoms in total. The molecule has 2 N–H and O–H groups in total. The summed E-state index contributed by atoms with van der Waals surface area (Å²) >= 11 is 3.38. The van der Waals surface area contributed by atoms with E-state index in [9.17, 15) is 4.79 Å². The van der Waals surface area contributed by atoms with Crippen LogP contribution in [0.1, 0.15) is 29.8 Å². The van der Waals surface area contributed by atoms with Crippen molar-refractivity contribution in [3.8, 4) is 0 Å². The zero-order valence-corrected chi connectivity index (χ0v) is 13.6. The van der Waals surface area contributed by atoms with Crippen LogP contribution in [0.3, 0.4) is 0 Å². The summed E-state index contributed by atoms with van der Waals surface area (Å²) in [6.07, 6.45) is 0. The molecule has 0 atom stereocenters. The van der Waals surface area contributed by atoms with Crippen LogP contribution in [0.25, 0.3) is 5.70 Å². The van der Waals surface area contributed by atoms with Gasteiger partial charge in [0.1, 0.15) is 0 Å². The van der Waals surface area contributed by atoms with Gasteiger partial charge in [-0.25, -0.2) is 0 Å². The molecule has 0 aliphatic carbocycles. The molecule has 0 saturated carbocycles. The highest BCUT2D eigenvalue weighted by atomic mass is 79.9. The van der Waals surface area contributed by atoms with Gasteiger partial charge in [-0.3, -0.25) is 15.6 Å². The highest BCUT2D eigenvalue weighted by Crippen LogP contribution is 2.17. The molecule has 1 amide bonds. The Labute approximate surface area is 133 Å². The van der Waals surface area contributed by atoms with Gasteiger partial charge in [0.05, 0.1) is 11.3 Å². The SMILES string of the molecule is CC(C)=C(NNC(=O)c1ccccc1Br)c1ccccc1. The van der Waals surface area contributed by atoms with Gasteiger partial charge in [0.2, 0.25) is 0 Å². The maximum absolute atomic E-state index is 12.2. The predicted octanol–water partition coefficient (Wildman–Crippen LogP) is 4.13. The summed E-state index contributed by atoms with van der Waals surface area (Å²) in [4.78, 5) is 12.2. The molecule has 2 rings (SSSR count). The maximum Gasteiger partial charge on any atom is 0.270 e. The van der Waals surface area contributed by atoms with E-state index in [2.05, 4.69) is 26.8 Å². The number of hydrogen-bond acceptors (Lipinski definition) is 2. The average Bonchev–Trinajstić information content (AvgIpc) is 2.48. The number of benzene rings is 2. The van der Waals surface area contributed by atoms with Crippen molar-refractivity contribution in [2.24, 2.45) is 0 Å². The Morgan fingerprint density at radius 3 is 2.14 bits per heavy atom. The Morgan fingerprint density at radius 1 is 0.905 bits per heavy atom. The standard InChI is InChI=1S/C17H17BrN2O/c1-12(2)16(13-8-4-3-5-9-13)19-20-17(21)14-10-6-7-11-15(14)18/h3-11,19H,1-2H3,(H,20,21). The third-order valence-electron chi connectivity index (χ3n) is 2.98. The lowest BCUT2D eigenvalue weighted by atomic mass is 10.1. The van der Waals surface area contributed by atoms with Crippen LogP contribution in [0.4, 0.5) is 0 Å². The van der Waals surface area contributed by atoms with Crippen LogP contribution < -0.4 is 10.9 Å². The molecular weight excluding hydrogens is 328 g/mol. The quantitative estimate of drug-likeness (QED) is 0.818. The van der Waals surface area contributed by atoms with Crippen LogP contribution in [0.2, 0.25) is 0 Å². The van der Waals surface area contributed by atoms with E-state index in [0.717, 1.165) is 21.3 Å². The van der Waals surface area contributed by atoms with Gasteiger partial charge in [0.15, 0.2) is 0 Å². The van der Waals surface area contributed by atoms with Gasteiger partial charge in [0, 0.05) is 4.47 Å². The summed E-state index contributed by atoms with van der Waals surface area (Å²) < 4.78 is 0.766. The van der Waals surface area contributed by atoms with E-state index in [1.165, 1.54) is 0 Å². The van der Waals surface area contributed by atoms with Crippen molar-refractivity contribution in [2.75, 3.05) is 0 Å². The van der Waals surface area contributed by atoms with Crippen molar-refractivity contribution < 1.29 is 4.79 Å². The first-order valence-corrected chi connectivity index (χ1v) is 7.42. The largest absolute Gasteiger partial charge is 0.298 e. The molecule has 0 unspecified atom stereocenters. The molecule has 4 heteroatoms. The second-order valence-corrected chi connectivity index (χ2v) is 5.65. The van der Waals surface area contributed by atoms with Crippen LogP contribution >= 0.6 is 15.9 Å². The van der Waals surface area contributed by atoms with Gasteiger partial charge in [0.25, 0.3) is 5.91 Å². The number of rotatable bonds is 4. The summed E-state index contributed by atoms with van der Waals surface area (Å²) in [5, 5.41) is 0. The lowest BCUT2D eigenvalue weighted by molar-refractivity contribution is 0.0941. The summed E-state index contributed by atoms with van der Waals surface area (Å²) in [6, 6.07) is 17.2. The third kappa shape index (κ3) is 3.95. The van der Waals surface area contributed by atoms with Crippen LogP contribution in [0.5, 0.6) is 0 Å². The molecule has 2 aromatic rings. The van der Waals surface area contributed by atoms with Gasteiger partial charge in [-0.2, -0.15) is 0 Å². The maximum atomic E-state index is 12.2. The fourth-order valence-corrected chi connectivity index (χ4v) is 2.39. The molecule has 0 heterocycles. The van der Waals surface area contributed by atoms with Gasteiger partial charge >= 0.3 is 0 Å². The van der Waals surface area contributed by atoms with Crippen molar-refractivity contribution in [1.29, 1.82) is 0 Å². The molecule has 0 aliphatic rings. The molecule has 2 aromatic carbocycles. The van der Waals surface area contributed by atoms with Crippen molar-refractivity contribution in [3.63, 3.8) is 0 Å². The lowest BCUT2D eigenvalue weighted by Gasteiger charge is -2.15.